The zero-order valence-electron chi connectivity index (χ0n) is 11.9. The second-order valence-corrected chi connectivity index (χ2v) is 5.37. The van der Waals surface area contributed by atoms with E-state index in [1.807, 2.05) is 0 Å². The Bertz CT molecular complexity index is 306. The van der Waals surface area contributed by atoms with Crippen molar-refractivity contribution in [2.24, 2.45) is 0 Å². The summed E-state index contributed by atoms with van der Waals surface area (Å²) in [5.74, 6) is 0. The molecule has 0 N–H and O–H groups in total. The average molecular weight is 234 g/mol. The molecule has 0 unspecified atom stereocenters. The van der Waals surface area contributed by atoms with Gasteiger partial charge in [-0.2, -0.15) is 0 Å². The van der Waals surface area contributed by atoms with Crippen LogP contribution in [0.2, 0.25) is 0 Å². The zero-order chi connectivity index (χ0) is 12.8. The molecule has 0 aromatic heterocycles. The highest BCUT2D eigenvalue weighted by Gasteiger charge is 2.18. The molecule has 2 heteroatoms. The van der Waals surface area contributed by atoms with Crippen LogP contribution in [0.25, 0.3) is 0 Å². The lowest BCUT2D eigenvalue weighted by Gasteiger charge is -2.33. The molecule has 0 saturated heterocycles. The maximum Gasteiger partial charge on any atom is 0.0262 e. The molecule has 1 aromatic rings. The van der Waals surface area contributed by atoms with Crippen molar-refractivity contribution in [3.8, 4) is 0 Å². The van der Waals surface area contributed by atoms with Crippen molar-refractivity contribution in [3.05, 3.63) is 35.9 Å². The van der Waals surface area contributed by atoms with Crippen molar-refractivity contribution in [2.75, 3.05) is 27.7 Å². The van der Waals surface area contributed by atoms with Gasteiger partial charge in [-0.05, 0) is 47.0 Å². The van der Waals surface area contributed by atoms with E-state index in [0.29, 0.717) is 12.1 Å². The number of hydrogen-bond acceptors (Lipinski definition) is 2. The SMILES string of the molecule is CC(C)N(C)[C@@H](Cc1ccccc1)CN(C)C. The first-order valence-corrected chi connectivity index (χ1v) is 6.41. The highest BCUT2D eigenvalue weighted by molar-refractivity contribution is 5.16. The zero-order valence-corrected chi connectivity index (χ0v) is 11.9. The van der Waals surface area contributed by atoms with Crippen LogP contribution < -0.4 is 0 Å². The third-order valence-electron chi connectivity index (χ3n) is 3.28. The Hall–Kier alpha value is -0.860. The predicted molar refractivity (Wildman–Crippen MR) is 75.4 cm³/mol. The van der Waals surface area contributed by atoms with Gasteiger partial charge in [-0.1, -0.05) is 30.3 Å². The third-order valence-corrected chi connectivity index (χ3v) is 3.28. The topological polar surface area (TPSA) is 6.48 Å². The highest BCUT2D eigenvalue weighted by Crippen LogP contribution is 2.11. The van der Waals surface area contributed by atoms with Gasteiger partial charge < -0.3 is 4.90 Å². The van der Waals surface area contributed by atoms with E-state index in [2.05, 4.69) is 75.1 Å². The maximum absolute atomic E-state index is 2.47. The number of likely N-dealkylation sites (N-methyl/N-ethyl adjacent to an activating group) is 2. The third kappa shape index (κ3) is 4.88. The summed E-state index contributed by atoms with van der Waals surface area (Å²) in [5, 5.41) is 0. The summed E-state index contributed by atoms with van der Waals surface area (Å²) in [7, 11) is 6.51. The molecular weight excluding hydrogens is 208 g/mol. The summed E-state index contributed by atoms with van der Waals surface area (Å²) in [6.45, 7) is 5.62. The fourth-order valence-corrected chi connectivity index (χ4v) is 2.07. The van der Waals surface area contributed by atoms with Crippen molar-refractivity contribution >= 4 is 0 Å². The fraction of sp³-hybridized carbons (Fsp3) is 0.600. The van der Waals surface area contributed by atoms with Crippen LogP contribution in [0.1, 0.15) is 19.4 Å². The van der Waals surface area contributed by atoms with Gasteiger partial charge in [-0.25, -0.2) is 0 Å². The molecule has 0 fully saturated rings. The minimum Gasteiger partial charge on any atom is -0.308 e. The minimum absolute atomic E-state index is 0.576. The molecule has 0 spiro atoms. The van der Waals surface area contributed by atoms with Gasteiger partial charge in [-0.3, -0.25) is 4.90 Å². The van der Waals surface area contributed by atoms with Gasteiger partial charge in [0.15, 0.2) is 0 Å². The number of benzene rings is 1. The Kier molecular flexibility index (Phi) is 5.66. The molecule has 0 amide bonds. The first kappa shape index (κ1) is 14.2. The largest absolute Gasteiger partial charge is 0.308 e. The fourth-order valence-electron chi connectivity index (χ4n) is 2.07. The van der Waals surface area contributed by atoms with Crippen molar-refractivity contribution < 1.29 is 0 Å². The molecule has 1 atom stereocenters. The molecule has 0 aliphatic heterocycles. The molecule has 0 bridgehead atoms. The van der Waals surface area contributed by atoms with Gasteiger partial charge in [0.05, 0.1) is 0 Å². The summed E-state index contributed by atoms with van der Waals surface area (Å²) < 4.78 is 0. The molecule has 0 aliphatic carbocycles. The molecule has 0 aliphatic rings. The standard InChI is InChI=1S/C15H26N2/c1-13(2)17(5)15(12-16(3)4)11-14-9-7-6-8-10-14/h6-10,13,15H,11-12H2,1-5H3/t15-/m0/s1. The van der Waals surface area contributed by atoms with Crippen molar-refractivity contribution in [3.63, 3.8) is 0 Å². The van der Waals surface area contributed by atoms with Crippen LogP contribution in [0.4, 0.5) is 0 Å². The maximum atomic E-state index is 2.47. The van der Waals surface area contributed by atoms with Gasteiger partial charge in [0, 0.05) is 18.6 Å². The second-order valence-electron chi connectivity index (χ2n) is 5.37. The van der Waals surface area contributed by atoms with E-state index >= 15 is 0 Å². The van der Waals surface area contributed by atoms with Gasteiger partial charge in [0.2, 0.25) is 0 Å². The molecule has 1 rings (SSSR count). The molecule has 96 valence electrons. The Morgan fingerprint density at radius 1 is 1.00 bits per heavy atom. The molecule has 2 nitrogen and oxygen atoms in total. The summed E-state index contributed by atoms with van der Waals surface area (Å²) in [5.41, 5.74) is 1.42. The van der Waals surface area contributed by atoms with Crippen LogP contribution in [0, 0.1) is 0 Å². The summed E-state index contributed by atoms with van der Waals surface area (Å²) >= 11 is 0. The molecule has 0 radical (unpaired) electrons. The monoisotopic (exact) mass is 234 g/mol. The minimum atomic E-state index is 0.576. The van der Waals surface area contributed by atoms with Crippen LogP contribution in [0.15, 0.2) is 30.3 Å². The highest BCUT2D eigenvalue weighted by atomic mass is 15.2. The first-order chi connectivity index (χ1) is 8.00. The molecular formula is C15H26N2. The normalized spacial score (nSPS) is 13.6. The van der Waals surface area contributed by atoms with Gasteiger partial charge in [0.25, 0.3) is 0 Å². The van der Waals surface area contributed by atoms with E-state index in [4.69, 9.17) is 0 Å². The van der Waals surface area contributed by atoms with Crippen LogP contribution in [-0.2, 0) is 6.42 Å². The smallest absolute Gasteiger partial charge is 0.0262 e. The van der Waals surface area contributed by atoms with Crippen LogP contribution >= 0.6 is 0 Å². The lowest BCUT2D eigenvalue weighted by molar-refractivity contribution is 0.159. The first-order valence-electron chi connectivity index (χ1n) is 6.41. The van der Waals surface area contributed by atoms with E-state index in [1.54, 1.807) is 0 Å². The summed E-state index contributed by atoms with van der Waals surface area (Å²) in [4.78, 5) is 4.74. The predicted octanol–water partition coefficient (Wildman–Crippen LogP) is 2.50. The van der Waals surface area contributed by atoms with E-state index in [9.17, 15) is 0 Å². The second kappa shape index (κ2) is 6.77. The van der Waals surface area contributed by atoms with Crippen LogP contribution in [-0.4, -0.2) is 49.6 Å². The lowest BCUT2D eigenvalue weighted by Crippen LogP contribution is -2.44. The Balaban J connectivity index is 2.70. The summed E-state index contributed by atoms with van der Waals surface area (Å²) in [6.07, 6.45) is 1.12. The van der Waals surface area contributed by atoms with E-state index in [0.717, 1.165) is 13.0 Å². The molecule has 0 saturated carbocycles. The lowest BCUT2D eigenvalue weighted by atomic mass is 10.0. The Labute approximate surface area is 106 Å². The Morgan fingerprint density at radius 2 is 1.59 bits per heavy atom. The molecule has 0 heterocycles. The number of rotatable bonds is 6. The Morgan fingerprint density at radius 3 is 2.06 bits per heavy atom. The van der Waals surface area contributed by atoms with Crippen LogP contribution in [0.3, 0.4) is 0 Å². The van der Waals surface area contributed by atoms with Gasteiger partial charge in [-0.15, -0.1) is 0 Å². The molecule has 17 heavy (non-hydrogen) atoms. The van der Waals surface area contributed by atoms with E-state index in [1.165, 1.54) is 5.56 Å². The molecule has 1 aromatic carbocycles. The summed E-state index contributed by atoms with van der Waals surface area (Å²) in [6, 6.07) is 11.9. The van der Waals surface area contributed by atoms with Crippen molar-refractivity contribution in [1.82, 2.24) is 9.80 Å². The quantitative estimate of drug-likeness (QED) is 0.746. The van der Waals surface area contributed by atoms with Crippen molar-refractivity contribution in [2.45, 2.75) is 32.4 Å². The number of hydrogen-bond donors (Lipinski definition) is 0. The van der Waals surface area contributed by atoms with E-state index in [-0.39, 0.29) is 0 Å². The average Bonchev–Trinajstić information content (AvgIpc) is 2.28. The van der Waals surface area contributed by atoms with Crippen molar-refractivity contribution in [1.29, 1.82) is 0 Å². The van der Waals surface area contributed by atoms with Gasteiger partial charge >= 0.3 is 0 Å². The van der Waals surface area contributed by atoms with Crippen LogP contribution in [0.5, 0.6) is 0 Å². The van der Waals surface area contributed by atoms with E-state index < -0.39 is 0 Å². The van der Waals surface area contributed by atoms with Gasteiger partial charge in [0.1, 0.15) is 0 Å². The number of nitrogens with zero attached hydrogens (tertiary/aromatic N) is 2.